The Morgan fingerprint density at radius 2 is 1.57 bits per heavy atom. The number of sulfonamides is 1. The van der Waals surface area contributed by atoms with E-state index in [-0.39, 0.29) is 10.7 Å². The Morgan fingerprint density at radius 3 is 2.07 bits per heavy atom. The molecule has 0 fully saturated rings. The first-order valence-corrected chi connectivity index (χ1v) is 12.2. The van der Waals surface area contributed by atoms with Crippen molar-refractivity contribution >= 4 is 50.5 Å². The number of nitrogens with one attached hydrogen (secondary N) is 1. The molecule has 164 valence electrons. The zero-order valence-corrected chi connectivity index (χ0v) is 19.9. The predicted molar refractivity (Wildman–Crippen MR) is 125 cm³/mol. The summed E-state index contributed by atoms with van der Waals surface area (Å²) >= 11 is 12.0. The van der Waals surface area contributed by atoms with Gasteiger partial charge in [0, 0.05) is 25.3 Å². The maximum Gasteiger partial charge on any atom is 0.243 e. The fourth-order valence-electron chi connectivity index (χ4n) is 3.18. The topological polar surface area (TPSA) is 69.7 Å². The number of nitrogens with zero attached hydrogens (tertiary/aromatic N) is 2. The van der Waals surface area contributed by atoms with Gasteiger partial charge in [0.05, 0.1) is 22.0 Å². The Hall–Kier alpha value is -1.96. The third-order valence-electron chi connectivity index (χ3n) is 4.78. The molecule has 0 saturated carbocycles. The standard InChI is InChI=1S/C21H27Cl2N3O3S/c1-5-25(6-2)17-9-7-16(8-10-17)14-24-21(27)15(3)26(30(4,28)29)18-11-12-19(22)20(23)13-18/h7-13,15H,5-6,14H2,1-4H3,(H,24,27). The Morgan fingerprint density at radius 1 is 1.00 bits per heavy atom. The summed E-state index contributed by atoms with van der Waals surface area (Å²) in [7, 11) is -3.73. The van der Waals surface area contributed by atoms with Gasteiger partial charge in [0.15, 0.2) is 0 Å². The lowest BCUT2D eigenvalue weighted by Gasteiger charge is -2.28. The highest BCUT2D eigenvalue weighted by atomic mass is 35.5. The van der Waals surface area contributed by atoms with Gasteiger partial charge in [-0.1, -0.05) is 35.3 Å². The Bertz CT molecular complexity index is 977. The average molecular weight is 472 g/mol. The lowest BCUT2D eigenvalue weighted by atomic mass is 10.2. The lowest BCUT2D eigenvalue weighted by Crippen LogP contribution is -2.47. The molecule has 0 aromatic heterocycles. The zero-order chi connectivity index (χ0) is 22.5. The molecule has 0 spiro atoms. The first-order chi connectivity index (χ1) is 14.1. The maximum atomic E-state index is 12.7. The van der Waals surface area contributed by atoms with Crippen molar-refractivity contribution in [3.63, 3.8) is 0 Å². The van der Waals surface area contributed by atoms with Gasteiger partial charge >= 0.3 is 0 Å². The third-order valence-corrected chi connectivity index (χ3v) is 6.76. The van der Waals surface area contributed by atoms with Gasteiger partial charge in [0.1, 0.15) is 6.04 Å². The molecule has 1 amide bonds. The first-order valence-electron chi connectivity index (χ1n) is 9.64. The summed E-state index contributed by atoms with van der Waals surface area (Å²) < 4.78 is 25.8. The van der Waals surface area contributed by atoms with Crippen molar-refractivity contribution < 1.29 is 13.2 Å². The van der Waals surface area contributed by atoms with E-state index >= 15 is 0 Å². The second-order valence-electron chi connectivity index (χ2n) is 6.89. The van der Waals surface area contributed by atoms with Crippen LogP contribution in [0.25, 0.3) is 0 Å². The molecule has 2 aromatic rings. The SMILES string of the molecule is CCN(CC)c1ccc(CNC(=O)C(C)N(c2ccc(Cl)c(Cl)c2)S(C)(=O)=O)cc1. The van der Waals surface area contributed by atoms with E-state index in [1.807, 2.05) is 24.3 Å². The van der Waals surface area contributed by atoms with Crippen molar-refractivity contribution in [2.24, 2.45) is 0 Å². The molecule has 0 aliphatic rings. The van der Waals surface area contributed by atoms with Crippen LogP contribution in [0.2, 0.25) is 10.0 Å². The van der Waals surface area contributed by atoms with Crippen molar-refractivity contribution in [2.75, 3.05) is 28.6 Å². The average Bonchev–Trinajstić information content (AvgIpc) is 2.69. The molecule has 1 unspecified atom stereocenters. The van der Waals surface area contributed by atoms with Crippen molar-refractivity contribution in [3.05, 3.63) is 58.1 Å². The number of carbonyl (C=O) groups is 1. The quantitative estimate of drug-likeness (QED) is 0.591. The smallest absolute Gasteiger partial charge is 0.243 e. The molecule has 2 aromatic carbocycles. The van der Waals surface area contributed by atoms with Crippen LogP contribution in [0.4, 0.5) is 11.4 Å². The highest BCUT2D eigenvalue weighted by Gasteiger charge is 2.29. The largest absolute Gasteiger partial charge is 0.372 e. The number of carbonyl (C=O) groups excluding carboxylic acids is 1. The minimum Gasteiger partial charge on any atom is -0.372 e. The van der Waals surface area contributed by atoms with Crippen LogP contribution >= 0.6 is 23.2 Å². The highest BCUT2D eigenvalue weighted by Crippen LogP contribution is 2.29. The molecule has 0 radical (unpaired) electrons. The van der Waals surface area contributed by atoms with Gasteiger partial charge in [0.2, 0.25) is 15.9 Å². The lowest BCUT2D eigenvalue weighted by molar-refractivity contribution is -0.122. The molecule has 1 N–H and O–H groups in total. The van der Waals surface area contributed by atoms with Crippen molar-refractivity contribution in [1.29, 1.82) is 0 Å². The summed E-state index contributed by atoms with van der Waals surface area (Å²) in [4.78, 5) is 14.9. The van der Waals surface area contributed by atoms with E-state index < -0.39 is 22.0 Å². The molecule has 2 rings (SSSR count). The van der Waals surface area contributed by atoms with E-state index in [1.165, 1.54) is 25.1 Å². The van der Waals surface area contributed by atoms with Gasteiger partial charge in [-0.15, -0.1) is 0 Å². The Labute approximate surface area is 188 Å². The van der Waals surface area contributed by atoms with Crippen molar-refractivity contribution in [2.45, 2.75) is 33.4 Å². The molecule has 30 heavy (non-hydrogen) atoms. The van der Waals surface area contributed by atoms with E-state index in [0.29, 0.717) is 11.6 Å². The zero-order valence-electron chi connectivity index (χ0n) is 17.5. The van der Waals surface area contributed by atoms with Gasteiger partial charge < -0.3 is 10.2 Å². The third kappa shape index (κ3) is 6.03. The Balaban J connectivity index is 2.13. The minimum atomic E-state index is -3.73. The van der Waals surface area contributed by atoms with Gasteiger partial charge in [0.25, 0.3) is 0 Å². The monoisotopic (exact) mass is 471 g/mol. The van der Waals surface area contributed by atoms with Crippen LogP contribution in [0.1, 0.15) is 26.3 Å². The van der Waals surface area contributed by atoms with E-state index in [2.05, 4.69) is 24.1 Å². The van der Waals surface area contributed by atoms with Crippen LogP contribution in [0.15, 0.2) is 42.5 Å². The minimum absolute atomic E-state index is 0.212. The normalized spacial score (nSPS) is 12.3. The molecule has 1 atom stereocenters. The summed E-state index contributed by atoms with van der Waals surface area (Å²) in [6.07, 6.45) is 1.05. The number of rotatable bonds is 9. The van der Waals surface area contributed by atoms with Crippen LogP contribution < -0.4 is 14.5 Å². The van der Waals surface area contributed by atoms with E-state index in [1.54, 1.807) is 0 Å². The van der Waals surface area contributed by atoms with Crippen molar-refractivity contribution in [1.82, 2.24) is 5.32 Å². The van der Waals surface area contributed by atoms with Crippen molar-refractivity contribution in [3.8, 4) is 0 Å². The van der Waals surface area contributed by atoms with Crippen LogP contribution in [-0.2, 0) is 21.4 Å². The fourth-order valence-corrected chi connectivity index (χ4v) is 4.64. The number of anilines is 2. The number of benzene rings is 2. The molecule has 6 nitrogen and oxygen atoms in total. The number of hydrogen-bond acceptors (Lipinski definition) is 4. The van der Waals surface area contributed by atoms with Gasteiger partial charge in [-0.3, -0.25) is 9.10 Å². The van der Waals surface area contributed by atoms with Gasteiger partial charge in [-0.05, 0) is 56.7 Å². The van der Waals surface area contributed by atoms with E-state index in [4.69, 9.17) is 23.2 Å². The fraction of sp³-hybridized carbons (Fsp3) is 0.381. The molecular weight excluding hydrogens is 445 g/mol. The van der Waals surface area contributed by atoms with E-state index in [0.717, 1.165) is 34.9 Å². The van der Waals surface area contributed by atoms with Crippen LogP contribution in [0, 0.1) is 0 Å². The van der Waals surface area contributed by atoms with Crippen LogP contribution in [-0.4, -0.2) is 39.7 Å². The van der Waals surface area contributed by atoms with Crippen LogP contribution in [0.5, 0.6) is 0 Å². The second-order valence-corrected chi connectivity index (χ2v) is 9.56. The highest BCUT2D eigenvalue weighted by molar-refractivity contribution is 7.92. The summed E-state index contributed by atoms with van der Waals surface area (Å²) in [5, 5.41) is 3.32. The maximum absolute atomic E-state index is 12.7. The molecule has 0 aliphatic carbocycles. The second kappa shape index (κ2) is 10.4. The number of hydrogen-bond donors (Lipinski definition) is 1. The molecule has 0 bridgehead atoms. The molecule has 0 saturated heterocycles. The Kier molecular flexibility index (Phi) is 8.41. The molecule has 0 aliphatic heterocycles. The first kappa shape index (κ1) is 24.3. The van der Waals surface area contributed by atoms with Gasteiger partial charge in [-0.2, -0.15) is 0 Å². The molecule has 0 heterocycles. The number of amides is 1. The van der Waals surface area contributed by atoms with Crippen LogP contribution in [0.3, 0.4) is 0 Å². The summed E-state index contributed by atoms with van der Waals surface area (Å²) in [5.41, 5.74) is 2.32. The number of halogens is 2. The molecule has 9 heteroatoms. The summed E-state index contributed by atoms with van der Waals surface area (Å²) in [6, 6.07) is 11.4. The van der Waals surface area contributed by atoms with E-state index in [9.17, 15) is 13.2 Å². The molecular formula is C21H27Cl2N3O3S. The van der Waals surface area contributed by atoms with Gasteiger partial charge in [-0.25, -0.2) is 8.42 Å². The predicted octanol–water partition coefficient (Wildman–Crippen LogP) is 4.31. The summed E-state index contributed by atoms with van der Waals surface area (Å²) in [5.74, 6) is -0.417. The summed E-state index contributed by atoms with van der Waals surface area (Å²) in [6.45, 7) is 7.85.